The second kappa shape index (κ2) is 7.98. The van der Waals surface area contributed by atoms with Gasteiger partial charge in [0.25, 0.3) is 5.56 Å². The van der Waals surface area contributed by atoms with Crippen LogP contribution in [0.5, 0.6) is 0 Å². The van der Waals surface area contributed by atoms with Crippen molar-refractivity contribution in [3.05, 3.63) is 69.2 Å². The van der Waals surface area contributed by atoms with Crippen molar-refractivity contribution >= 4 is 28.5 Å². The second-order valence-corrected chi connectivity index (χ2v) is 6.05. The van der Waals surface area contributed by atoms with Crippen LogP contribution in [0.15, 0.2) is 47.4 Å². The molecular formula is C19H15ClN4O3. The van der Waals surface area contributed by atoms with Crippen LogP contribution in [0.4, 0.5) is 0 Å². The molecule has 7 nitrogen and oxygen atoms in total. The van der Waals surface area contributed by atoms with Gasteiger partial charge in [-0.1, -0.05) is 35.9 Å². The van der Waals surface area contributed by atoms with Crippen LogP contribution < -0.4 is 5.56 Å². The van der Waals surface area contributed by atoms with Crippen LogP contribution in [-0.4, -0.2) is 27.3 Å². The summed E-state index contributed by atoms with van der Waals surface area (Å²) < 4.78 is 5.71. The van der Waals surface area contributed by atoms with Crippen LogP contribution >= 0.6 is 11.6 Å². The maximum Gasteiger partial charge on any atom is 0.327 e. The molecule has 3 aromatic rings. The monoisotopic (exact) mass is 382 g/mol. The molecule has 0 radical (unpaired) electrons. The summed E-state index contributed by atoms with van der Waals surface area (Å²) in [7, 11) is 0. The summed E-state index contributed by atoms with van der Waals surface area (Å²) in [6, 6.07) is 13.2. The van der Waals surface area contributed by atoms with Gasteiger partial charge in [-0.2, -0.15) is 10.4 Å². The van der Waals surface area contributed by atoms with E-state index in [1.165, 1.54) is 6.20 Å². The number of aromatic nitrogens is 3. The fourth-order valence-electron chi connectivity index (χ4n) is 2.66. The maximum atomic E-state index is 12.4. The summed E-state index contributed by atoms with van der Waals surface area (Å²) >= 11 is 6.20. The van der Waals surface area contributed by atoms with Crippen LogP contribution in [0.25, 0.3) is 10.9 Å². The van der Waals surface area contributed by atoms with E-state index >= 15 is 0 Å². The molecule has 8 heteroatoms. The van der Waals surface area contributed by atoms with Crippen molar-refractivity contribution in [3.63, 3.8) is 0 Å². The van der Waals surface area contributed by atoms with Gasteiger partial charge in [0.2, 0.25) is 0 Å². The number of rotatable bonds is 5. The van der Waals surface area contributed by atoms with Gasteiger partial charge in [0.1, 0.15) is 17.5 Å². The van der Waals surface area contributed by atoms with Gasteiger partial charge >= 0.3 is 5.97 Å². The molecule has 2 heterocycles. The first-order valence-electron chi connectivity index (χ1n) is 8.21. The molecule has 2 aromatic heterocycles. The summed E-state index contributed by atoms with van der Waals surface area (Å²) in [5, 5.41) is 14.4. The van der Waals surface area contributed by atoms with Crippen LogP contribution in [0.3, 0.4) is 0 Å². The van der Waals surface area contributed by atoms with Crippen LogP contribution in [0, 0.1) is 11.3 Å². The van der Waals surface area contributed by atoms with Gasteiger partial charge < -0.3 is 4.74 Å². The minimum absolute atomic E-state index is 0.171. The van der Waals surface area contributed by atoms with E-state index in [2.05, 4.69) is 16.2 Å². The number of para-hydroxylation sites is 1. The summed E-state index contributed by atoms with van der Waals surface area (Å²) in [6.45, 7) is 1.51. The molecule has 1 aromatic carbocycles. The van der Waals surface area contributed by atoms with Crippen LogP contribution in [0.2, 0.25) is 5.02 Å². The quantitative estimate of drug-likeness (QED) is 0.629. The van der Waals surface area contributed by atoms with Gasteiger partial charge in [0, 0.05) is 10.9 Å². The Labute approximate surface area is 159 Å². The Balaban J connectivity index is 2.00. The summed E-state index contributed by atoms with van der Waals surface area (Å²) in [4.78, 5) is 28.5. The number of carbonyl (C=O) groups excluding carboxylic acids is 1. The highest BCUT2D eigenvalue weighted by Crippen LogP contribution is 2.27. The zero-order chi connectivity index (χ0) is 19.4. The molecule has 0 aliphatic carbocycles. The molecule has 0 spiro atoms. The third-order valence-corrected chi connectivity index (χ3v) is 4.33. The molecular weight excluding hydrogens is 368 g/mol. The van der Waals surface area contributed by atoms with Gasteiger partial charge in [-0.15, -0.1) is 0 Å². The fourth-order valence-corrected chi connectivity index (χ4v) is 2.91. The summed E-state index contributed by atoms with van der Waals surface area (Å²) in [5.41, 5.74) is 0.771. The number of nitriles is 1. The normalized spacial score (nSPS) is 11.7. The van der Waals surface area contributed by atoms with Gasteiger partial charge in [-0.25, -0.2) is 4.68 Å². The predicted molar refractivity (Wildman–Crippen MR) is 99.3 cm³/mol. The van der Waals surface area contributed by atoms with E-state index in [4.69, 9.17) is 16.3 Å². The number of esters is 1. The van der Waals surface area contributed by atoms with Crippen molar-refractivity contribution in [1.29, 1.82) is 5.26 Å². The number of fused-ring (bicyclic) bond motifs is 1. The summed E-state index contributed by atoms with van der Waals surface area (Å²) in [5.74, 6) is -1.46. The number of pyridine rings is 1. The molecule has 3 rings (SSSR count). The number of ether oxygens (including phenoxy) is 1. The average molecular weight is 383 g/mol. The highest BCUT2D eigenvalue weighted by atomic mass is 35.5. The van der Waals surface area contributed by atoms with Gasteiger partial charge in [0.05, 0.1) is 30.1 Å². The lowest BCUT2D eigenvalue weighted by Gasteiger charge is -2.12. The Morgan fingerprint density at radius 3 is 2.85 bits per heavy atom. The fraction of sp³-hybridized carbons (Fsp3) is 0.211. The molecule has 0 aliphatic heterocycles. The highest BCUT2D eigenvalue weighted by molar-refractivity contribution is 6.31. The first-order chi connectivity index (χ1) is 13.0. The first-order valence-corrected chi connectivity index (χ1v) is 8.59. The standard InChI is InChI=1S/C19H15ClN4O3/c1-2-27-17(25)11-24-19(26)18(20)14(10-22-24)13(9-21)16-8-7-12-5-3-4-6-15(12)23-16/h3-8,10,13H,2,11H2,1H3. The maximum absolute atomic E-state index is 12.4. The van der Waals surface area contributed by atoms with Crippen molar-refractivity contribution < 1.29 is 9.53 Å². The van der Waals surface area contributed by atoms with E-state index in [-0.39, 0.29) is 23.7 Å². The Morgan fingerprint density at radius 2 is 2.11 bits per heavy atom. The Kier molecular flexibility index (Phi) is 5.48. The number of benzene rings is 1. The molecule has 1 unspecified atom stereocenters. The van der Waals surface area contributed by atoms with E-state index in [0.29, 0.717) is 5.69 Å². The van der Waals surface area contributed by atoms with Crippen molar-refractivity contribution in [2.75, 3.05) is 6.61 Å². The Hall–Kier alpha value is -3.24. The van der Waals surface area contributed by atoms with E-state index in [0.717, 1.165) is 15.6 Å². The van der Waals surface area contributed by atoms with Gasteiger partial charge in [0.15, 0.2) is 0 Å². The molecule has 0 aliphatic rings. The van der Waals surface area contributed by atoms with Crippen molar-refractivity contribution in [2.45, 2.75) is 19.4 Å². The molecule has 0 fully saturated rings. The molecule has 27 heavy (non-hydrogen) atoms. The third kappa shape index (κ3) is 3.81. The molecule has 0 saturated carbocycles. The molecule has 0 saturated heterocycles. The molecule has 1 atom stereocenters. The molecule has 0 amide bonds. The first kappa shape index (κ1) is 18.5. The van der Waals surface area contributed by atoms with Crippen LogP contribution in [-0.2, 0) is 16.1 Å². The Morgan fingerprint density at radius 1 is 1.33 bits per heavy atom. The SMILES string of the molecule is CCOC(=O)Cn1ncc(C(C#N)c2ccc3ccccc3n2)c(Cl)c1=O. The second-order valence-electron chi connectivity index (χ2n) is 5.67. The largest absolute Gasteiger partial charge is 0.465 e. The van der Waals surface area contributed by atoms with E-state index < -0.39 is 17.4 Å². The lowest BCUT2D eigenvalue weighted by atomic mass is 9.98. The number of carbonyl (C=O) groups is 1. The number of nitrogens with zero attached hydrogens (tertiary/aromatic N) is 4. The van der Waals surface area contributed by atoms with Crippen molar-refractivity contribution in [2.24, 2.45) is 0 Å². The zero-order valence-electron chi connectivity index (χ0n) is 14.4. The third-order valence-electron chi connectivity index (χ3n) is 3.95. The van der Waals surface area contributed by atoms with E-state index in [1.807, 2.05) is 30.3 Å². The average Bonchev–Trinajstić information content (AvgIpc) is 2.68. The van der Waals surface area contributed by atoms with Crippen LogP contribution in [0.1, 0.15) is 24.1 Å². The number of halogens is 1. The smallest absolute Gasteiger partial charge is 0.327 e. The highest BCUT2D eigenvalue weighted by Gasteiger charge is 2.22. The van der Waals surface area contributed by atoms with E-state index in [1.54, 1.807) is 13.0 Å². The van der Waals surface area contributed by atoms with Gasteiger partial charge in [-0.05, 0) is 19.1 Å². The number of hydrogen-bond donors (Lipinski definition) is 0. The minimum Gasteiger partial charge on any atom is -0.465 e. The van der Waals surface area contributed by atoms with Crippen molar-refractivity contribution in [3.8, 4) is 6.07 Å². The van der Waals surface area contributed by atoms with E-state index in [9.17, 15) is 14.9 Å². The zero-order valence-corrected chi connectivity index (χ0v) is 15.2. The topological polar surface area (TPSA) is 97.9 Å². The lowest BCUT2D eigenvalue weighted by molar-refractivity contribution is -0.144. The number of hydrogen-bond acceptors (Lipinski definition) is 6. The summed E-state index contributed by atoms with van der Waals surface area (Å²) in [6.07, 6.45) is 1.31. The van der Waals surface area contributed by atoms with Gasteiger partial charge in [-0.3, -0.25) is 14.6 Å². The Bertz CT molecular complexity index is 1100. The predicted octanol–water partition coefficient (Wildman–Crippen LogP) is 2.66. The lowest BCUT2D eigenvalue weighted by Crippen LogP contribution is -2.29. The molecule has 0 N–H and O–H groups in total. The minimum atomic E-state index is -0.862. The molecule has 136 valence electrons. The molecule has 0 bridgehead atoms. The van der Waals surface area contributed by atoms with Crippen molar-refractivity contribution in [1.82, 2.24) is 14.8 Å².